The number of aromatic nitrogens is 1. The number of amides is 1. The molecule has 0 bridgehead atoms. The van der Waals surface area contributed by atoms with Crippen LogP contribution in [0, 0.1) is 6.92 Å². The summed E-state index contributed by atoms with van der Waals surface area (Å²) < 4.78 is 83.7. The second-order valence-electron chi connectivity index (χ2n) is 6.14. The number of carbonyl (C=O) groups excluding carboxylic acids is 1. The fourth-order valence-corrected chi connectivity index (χ4v) is 4.00. The maximum absolute atomic E-state index is 13.3. The van der Waals surface area contributed by atoms with Gasteiger partial charge in [0.25, 0.3) is 5.91 Å². The highest BCUT2D eigenvalue weighted by molar-refractivity contribution is 7.22. The fraction of sp³-hybridized carbons (Fsp3) is 0.222. The smallest absolute Gasteiger partial charge is 0.418 e. The van der Waals surface area contributed by atoms with E-state index in [0.717, 1.165) is 0 Å². The van der Waals surface area contributed by atoms with Gasteiger partial charge in [0.05, 0.1) is 34.0 Å². The highest BCUT2D eigenvalue weighted by atomic mass is 35.5. The Balaban J connectivity index is 2.08. The van der Waals surface area contributed by atoms with Crippen molar-refractivity contribution in [3.63, 3.8) is 0 Å². The lowest BCUT2D eigenvalue weighted by Crippen LogP contribution is -2.14. The molecule has 3 aromatic rings. The van der Waals surface area contributed by atoms with Gasteiger partial charge in [0.1, 0.15) is 5.75 Å². The summed E-state index contributed by atoms with van der Waals surface area (Å²) in [6, 6.07) is 3.39. The molecule has 0 unspecified atom stereocenters. The van der Waals surface area contributed by atoms with Crippen molar-refractivity contribution in [1.29, 1.82) is 0 Å². The minimum absolute atomic E-state index is 0.00296. The van der Waals surface area contributed by atoms with Crippen LogP contribution in [0.1, 0.15) is 27.0 Å². The zero-order valence-corrected chi connectivity index (χ0v) is 16.7. The molecular weight excluding hydrogens is 458 g/mol. The Labute approximate surface area is 174 Å². The third-order valence-corrected chi connectivity index (χ3v) is 5.17. The van der Waals surface area contributed by atoms with E-state index in [1.807, 2.05) is 0 Å². The molecule has 1 aromatic heterocycles. The third kappa shape index (κ3) is 4.31. The van der Waals surface area contributed by atoms with Crippen molar-refractivity contribution >= 4 is 44.2 Å². The van der Waals surface area contributed by atoms with E-state index in [1.165, 1.54) is 13.2 Å². The topological polar surface area (TPSA) is 51.2 Å². The number of aryl methyl sites for hydroxylation is 1. The molecule has 0 aliphatic carbocycles. The van der Waals surface area contributed by atoms with Crippen molar-refractivity contribution in [2.45, 2.75) is 19.3 Å². The molecule has 4 nitrogen and oxygen atoms in total. The van der Waals surface area contributed by atoms with Gasteiger partial charge in [0, 0.05) is 5.02 Å². The number of hydrogen-bond donors (Lipinski definition) is 1. The predicted molar refractivity (Wildman–Crippen MR) is 100 cm³/mol. The summed E-state index contributed by atoms with van der Waals surface area (Å²) in [5, 5.41) is 2.21. The van der Waals surface area contributed by atoms with Crippen molar-refractivity contribution in [2.24, 2.45) is 0 Å². The number of fused-ring (bicyclic) bond motifs is 1. The van der Waals surface area contributed by atoms with Crippen LogP contribution in [0.2, 0.25) is 5.02 Å². The van der Waals surface area contributed by atoms with Crippen LogP contribution < -0.4 is 10.1 Å². The molecule has 0 radical (unpaired) electrons. The number of nitrogens with zero attached hydrogens (tertiary/aromatic N) is 1. The Bertz CT molecular complexity index is 1140. The molecule has 1 N–H and O–H groups in total. The van der Waals surface area contributed by atoms with Crippen molar-refractivity contribution in [3.8, 4) is 5.75 Å². The van der Waals surface area contributed by atoms with Gasteiger partial charge >= 0.3 is 12.4 Å². The summed E-state index contributed by atoms with van der Waals surface area (Å²) in [6.45, 7) is 1.63. The first-order valence-corrected chi connectivity index (χ1v) is 9.25. The highest BCUT2D eigenvalue weighted by Crippen LogP contribution is 2.42. The van der Waals surface area contributed by atoms with Gasteiger partial charge in [-0.3, -0.25) is 10.1 Å². The molecule has 0 saturated heterocycles. The van der Waals surface area contributed by atoms with E-state index in [9.17, 15) is 31.1 Å². The number of ether oxygens (including phenoxy) is 1. The van der Waals surface area contributed by atoms with Crippen LogP contribution in [-0.2, 0) is 12.4 Å². The molecule has 0 fully saturated rings. The highest BCUT2D eigenvalue weighted by Gasteiger charge is 2.39. The number of anilines is 1. The van der Waals surface area contributed by atoms with Gasteiger partial charge in [-0.15, -0.1) is 0 Å². The first kappa shape index (κ1) is 22.2. The molecule has 0 saturated carbocycles. The largest absolute Gasteiger partial charge is 0.496 e. The Morgan fingerprint density at radius 3 is 2.33 bits per heavy atom. The number of benzene rings is 2. The van der Waals surface area contributed by atoms with Crippen LogP contribution in [0.15, 0.2) is 24.3 Å². The summed E-state index contributed by atoms with van der Waals surface area (Å²) in [5.74, 6) is -0.602. The summed E-state index contributed by atoms with van der Waals surface area (Å²) in [5.41, 5.74) is -3.16. The second-order valence-corrected chi connectivity index (χ2v) is 7.61. The van der Waals surface area contributed by atoms with Crippen LogP contribution >= 0.6 is 22.9 Å². The van der Waals surface area contributed by atoms with Crippen LogP contribution in [0.3, 0.4) is 0 Å². The Hall–Kier alpha value is -2.53. The first-order valence-electron chi connectivity index (χ1n) is 8.05. The molecule has 160 valence electrons. The zero-order valence-electron chi connectivity index (χ0n) is 15.1. The summed E-state index contributed by atoms with van der Waals surface area (Å²) in [4.78, 5) is 16.3. The number of carbonyl (C=O) groups is 1. The van der Waals surface area contributed by atoms with Crippen LogP contribution in [0.25, 0.3) is 10.2 Å². The monoisotopic (exact) mass is 468 g/mol. The molecule has 1 amide bonds. The van der Waals surface area contributed by atoms with E-state index in [2.05, 4.69) is 10.3 Å². The van der Waals surface area contributed by atoms with Gasteiger partial charge in [-0.1, -0.05) is 22.9 Å². The van der Waals surface area contributed by atoms with Gasteiger partial charge in [-0.05, 0) is 36.8 Å². The van der Waals surface area contributed by atoms with Crippen molar-refractivity contribution in [2.75, 3.05) is 12.4 Å². The normalized spacial score (nSPS) is 12.3. The van der Waals surface area contributed by atoms with Crippen LogP contribution in [0.4, 0.5) is 31.5 Å². The number of rotatable bonds is 3. The molecule has 0 aliphatic heterocycles. The molecule has 2 aromatic carbocycles. The molecule has 12 heteroatoms. The molecule has 1 heterocycles. The average Bonchev–Trinajstić information content (AvgIpc) is 3.00. The number of halogens is 7. The number of thiazole rings is 1. The maximum Gasteiger partial charge on any atom is 0.418 e. The Morgan fingerprint density at radius 1 is 1.10 bits per heavy atom. The van der Waals surface area contributed by atoms with Gasteiger partial charge < -0.3 is 4.74 Å². The van der Waals surface area contributed by atoms with E-state index in [-0.39, 0.29) is 32.2 Å². The number of methoxy groups -OCH3 is 1. The van der Waals surface area contributed by atoms with Crippen molar-refractivity contribution < 1.29 is 35.9 Å². The van der Waals surface area contributed by atoms with Crippen LogP contribution in [0.5, 0.6) is 5.75 Å². The lowest BCUT2D eigenvalue weighted by molar-refractivity contribution is -0.142. The summed E-state index contributed by atoms with van der Waals surface area (Å²) >= 11 is 6.43. The molecule has 0 atom stereocenters. The van der Waals surface area contributed by atoms with Crippen molar-refractivity contribution in [1.82, 2.24) is 4.98 Å². The molecule has 3 rings (SSSR count). The summed E-state index contributed by atoms with van der Waals surface area (Å²) in [6.07, 6.45) is -10.0. The lowest BCUT2D eigenvalue weighted by Gasteiger charge is -2.12. The predicted octanol–water partition coefficient (Wildman–Crippen LogP) is 6.56. The lowest BCUT2D eigenvalue weighted by atomic mass is 10.1. The zero-order chi connectivity index (χ0) is 22.4. The third-order valence-electron chi connectivity index (χ3n) is 4.04. The average molecular weight is 469 g/mol. The Kier molecular flexibility index (Phi) is 5.63. The molecule has 0 spiro atoms. The van der Waals surface area contributed by atoms with Crippen molar-refractivity contribution in [3.05, 3.63) is 51.5 Å². The van der Waals surface area contributed by atoms with E-state index in [0.29, 0.717) is 23.0 Å². The fourth-order valence-electron chi connectivity index (χ4n) is 2.80. The quantitative estimate of drug-likeness (QED) is 0.443. The molecular formula is C18H11ClF6N2O2S. The van der Waals surface area contributed by atoms with Gasteiger partial charge in [-0.25, -0.2) is 4.98 Å². The first-order chi connectivity index (χ1) is 13.8. The van der Waals surface area contributed by atoms with E-state index >= 15 is 0 Å². The van der Waals surface area contributed by atoms with Gasteiger partial charge in [0.15, 0.2) is 5.13 Å². The van der Waals surface area contributed by atoms with E-state index < -0.39 is 34.9 Å². The number of hydrogen-bond acceptors (Lipinski definition) is 4. The minimum Gasteiger partial charge on any atom is -0.496 e. The van der Waals surface area contributed by atoms with E-state index in [1.54, 1.807) is 13.0 Å². The molecule has 30 heavy (non-hydrogen) atoms. The maximum atomic E-state index is 13.3. The van der Waals surface area contributed by atoms with E-state index in [4.69, 9.17) is 16.3 Å². The van der Waals surface area contributed by atoms with Gasteiger partial charge in [0.2, 0.25) is 0 Å². The Morgan fingerprint density at radius 2 is 1.77 bits per heavy atom. The number of alkyl halides is 6. The standard InChI is InChI=1S/C18H11ClF6N2O2S/c1-7-3-9(19)6-10(14(7)29-2)15(28)27-16-26-13-11(18(23,24)25)4-8(17(20,21)22)5-12(13)30-16/h3-6H,1-2H3,(H,26,27,28). The molecule has 0 aliphatic rings. The summed E-state index contributed by atoms with van der Waals surface area (Å²) in [7, 11) is 1.32. The SMILES string of the molecule is COc1c(C)cc(Cl)cc1C(=O)Nc1nc2c(C(F)(F)F)cc(C(F)(F)F)cc2s1. The van der Waals surface area contributed by atoms with Crippen LogP contribution in [-0.4, -0.2) is 18.0 Å². The second kappa shape index (κ2) is 7.62. The minimum atomic E-state index is -5.07. The van der Waals surface area contributed by atoms with Gasteiger partial charge in [-0.2, -0.15) is 26.3 Å². The number of nitrogens with one attached hydrogen (secondary N) is 1.